The molecule has 0 aliphatic rings. The predicted octanol–water partition coefficient (Wildman–Crippen LogP) is 4.81. The van der Waals surface area contributed by atoms with E-state index >= 15 is 0 Å². The third-order valence-corrected chi connectivity index (χ3v) is 4.66. The van der Waals surface area contributed by atoms with Crippen molar-refractivity contribution in [2.24, 2.45) is 0 Å². The Morgan fingerprint density at radius 1 is 1.33 bits per heavy atom. The lowest BCUT2D eigenvalue weighted by Gasteiger charge is -2.10. The molecule has 0 unspecified atom stereocenters. The van der Waals surface area contributed by atoms with Gasteiger partial charge in [-0.25, -0.2) is 0 Å². The van der Waals surface area contributed by atoms with Crippen LogP contribution in [0.25, 0.3) is 11.0 Å². The van der Waals surface area contributed by atoms with Crippen molar-refractivity contribution in [3.8, 4) is 0 Å². The second-order valence-electron chi connectivity index (χ2n) is 6.42. The molecule has 4 nitrogen and oxygen atoms in total. The number of aromatic nitrogens is 1. The van der Waals surface area contributed by atoms with Gasteiger partial charge in [-0.2, -0.15) is 0 Å². The van der Waals surface area contributed by atoms with E-state index < -0.39 is 0 Å². The number of carbonyl (C=O) groups excluding carboxylic acids is 1. The fraction of sp³-hybridized carbons (Fsp3) is 0.316. The van der Waals surface area contributed by atoms with E-state index in [4.69, 9.17) is 4.42 Å². The number of amides is 1. The van der Waals surface area contributed by atoms with Gasteiger partial charge in [-0.05, 0) is 58.1 Å². The number of fused-ring (bicyclic) bond motifs is 1. The number of rotatable bonds is 5. The van der Waals surface area contributed by atoms with E-state index in [1.54, 1.807) is 6.26 Å². The standard InChI is InChI=1S/C19H21BrN2O2/c1-11(2)16-7-17-13(10-24-18(17)4-12(16)3)5-19(23)22-9-15-6-14(20)8-21-15/h4,6-8,10-11,21H,5,9H2,1-3H3,(H,22,23). The molecule has 0 radical (unpaired) electrons. The highest BCUT2D eigenvalue weighted by Gasteiger charge is 2.14. The first-order chi connectivity index (χ1) is 11.4. The molecule has 1 amide bonds. The van der Waals surface area contributed by atoms with Crippen molar-refractivity contribution >= 4 is 32.8 Å². The Morgan fingerprint density at radius 3 is 2.79 bits per heavy atom. The molecule has 0 saturated carbocycles. The lowest BCUT2D eigenvalue weighted by Crippen LogP contribution is -2.24. The lowest BCUT2D eigenvalue weighted by atomic mass is 9.95. The van der Waals surface area contributed by atoms with Gasteiger partial charge in [0.2, 0.25) is 5.91 Å². The number of furan rings is 1. The van der Waals surface area contributed by atoms with Crippen LogP contribution in [0.1, 0.15) is 42.1 Å². The van der Waals surface area contributed by atoms with E-state index in [1.165, 1.54) is 11.1 Å². The zero-order valence-corrected chi connectivity index (χ0v) is 15.7. The number of halogens is 1. The Labute approximate surface area is 149 Å². The third kappa shape index (κ3) is 3.56. The van der Waals surface area contributed by atoms with E-state index in [2.05, 4.69) is 59.1 Å². The summed E-state index contributed by atoms with van der Waals surface area (Å²) < 4.78 is 6.62. The monoisotopic (exact) mass is 388 g/mol. The lowest BCUT2D eigenvalue weighted by molar-refractivity contribution is -0.120. The minimum Gasteiger partial charge on any atom is -0.464 e. The number of nitrogens with one attached hydrogen (secondary N) is 2. The highest BCUT2D eigenvalue weighted by atomic mass is 79.9. The van der Waals surface area contributed by atoms with Crippen LogP contribution in [-0.2, 0) is 17.8 Å². The summed E-state index contributed by atoms with van der Waals surface area (Å²) in [4.78, 5) is 15.3. The maximum Gasteiger partial charge on any atom is 0.224 e. The van der Waals surface area contributed by atoms with Crippen molar-refractivity contribution in [1.29, 1.82) is 0 Å². The molecule has 2 N–H and O–H groups in total. The SMILES string of the molecule is Cc1cc2occ(CC(=O)NCc3cc(Br)c[nH]3)c2cc1C(C)C. The summed E-state index contributed by atoms with van der Waals surface area (Å²) in [7, 11) is 0. The van der Waals surface area contributed by atoms with E-state index in [-0.39, 0.29) is 5.91 Å². The molecule has 0 atom stereocenters. The van der Waals surface area contributed by atoms with Crippen molar-refractivity contribution in [1.82, 2.24) is 10.3 Å². The average Bonchev–Trinajstić information content (AvgIpc) is 3.10. The number of benzene rings is 1. The van der Waals surface area contributed by atoms with Gasteiger partial charge in [0.1, 0.15) is 5.58 Å². The molecule has 2 heterocycles. The Balaban J connectivity index is 1.74. The van der Waals surface area contributed by atoms with Crippen LogP contribution >= 0.6 is 15.9 Å². The Morgan fingerprint density at radius 2 is 2.12 bits per heavy atom. The fourth-order valence-electron chi connectivity index (χ4n) is 2.95. The summed E-state index contributed by atoms with van der Waals surface area (Å²) in [5, 5.41) is 3.96. The van der Waals surface area contributed by atoms with Crippen LogP contribution in [0, 0.1) is 6.92 Å². The summed E-state index contributed by atoms with van der Waals surface area (Å²) in [6.07, 6.45) is 3.86. The molecule has 0 fully saturated rings. The molecule has 0 spiro atoms. The zero-order valence-electron chi connectivity index (χ0n) is 14.1. The van der Waals surface area contributed by atoms with E-state index in [1.807, 2.05) is 12.3 Å². The van der Waals surface area contributed by atoms with Crippen molar-refractivity contribution in [3.05, 3.63) is 57.5 Å². The molecule has 0 aliphatic carbocycles. The van der Waals surface area contributed by atoms with Crippen molar-refractivity contribution in [3.63, 3.8) is 0 Å². The smallest absolute Gasteiger partial charge is 0.224 e. The van der Waals surface area contributed by atoms with Crippen molar-refractivity contribution in [2.45, 2.75) is 39.7 Å². The van der Waals surface area contributed by atoms with E-state index in [9.17, 15) is 4.79 Å². The molecule has 3 rings (SSSR count). The minimum absolute atomic E-state index is 0.0184. The minimum atomic E-state index is -0.0184. The van der Waals surface area contributed by atoms with Crippen LogP contribution in [-0.4, -0.2) is 10.9 Å². The Hall–Kier alpha value is -2.01. The molecule has 0 bridgehead atoms. The molecule has 3 aromatic rings. The van der Waals surface area contributed by atoms with E-state index in [0.717, 1.165) is 26.7 Å². The first-order valence-corrected chi connectivity index (χ1v) is 8.83. The Kier molecular flexibility index (Phi) is 4.81. The highest BCUT2D eigenvalue weighted by molar-refractivity contribution is 9.10. The molecule has 126 valence electrons. The molecular weight excluding hydrogens is 368 g/mol. The molecule has 24 heavy (non-hydrogen) atoms. The van der Waals surface area contributed by atoms with Gasteiger partial charge in [-0.1, -0.05) is 13.8 Å². The first-order valence-electron chi connectivity index (χ1n) is 8.04. The zero-order chi connectivity index (χ0) is 17.3. The molecule has 2 aromatic heterocycles. The van der Waals surface area contributed by atoms with Crippen LogP contribution in [0.2, 0.25) is 0 Å². The Bertz CT molecular complexity index is 877. The van der Waals surface area contributed by atoms with Gasteiger partial charge in [-0.15, -0.1) is 0 Å². The van der Waals surface area contributed by atoms with Gasteiger partial charge in [-0.3, -0.25) is 4.79 Å². The maximum absolute atomic E-state index is 12.2. The number of hydrogen-bond donors (Lipinski definition) is 2. The fourth-order valence-corrected chi connectivity index (χ4v) is 3.34. The van der Waals surface area contributed by atoms with Crippen LogP contribution in [0.3, 0.4) is 0 Å². The predicted molar refractivity (Wildman–Crippen MR) is 99.1 cm³/mol. The van der Waals surface area contributed by atoms with Crippen molar-refractivity contribution < 1.29 is 9.21 Å². The molecular formula is C19H21BrN2O2. The van der Waals surface area contributed by atoms with Gasteiger partial charge < -0.3 is 14.7 Å². The number of hydrogen-bond acceptors (Lipinski definition) is 2. The third-order valence-electron chi connectivity index (χ3n) is 4.20. The summed E-state index contributed by atoms with van der Waals surface area (Å²) in [6, 6.07) is 6.16. The summed E-state index contributed by atoms with van der Waals surface area (Å²) in [5.74, 6) is 0.424. The van der Waals surface area contributed by atoms with E-state index in [0.29, 0.717) is 18.9 Å². The quantitative estimate of drug-likeness (QED) is 0.658. The highest BCUT2D eigenvalue weighted by Crippen LogP contribution is 2.29. The largest absolute Gasteiger partial charge is 0.464 e. The van der Waals surface area contributed by atoms with Crippen molar-refractivity contribution in [2.75, 3.05) is 0 Å². The summed E-state index contributed by atoms with van der Waals surface area (Å²) in [6.45, 7) is 6.93. The number of carbonyl (C=O) groups is 1. The van der Waals surface area contributed by atoms with Gasteiger partial charge >= 0.3 is 0 Å². The number of H-pyrrole nitrogens is 1. The van der Waals surface area contributed by atoms with Crippen LogP contribution in [0.4, 0.5) is 0 Å². The second kappa shape index (κ2) is 6.85. The molecule has 5 heteroatoms. The second-order valence-corrected chi connectivity index (χ2v) is 7.33. The van der Waals surface area contributed by atoms with Gasteiger partial charge in [0, 0.05) is 27.3 Å². The van der Waals surface area contributed by atoms with Crippen LogP contribution < -0.4 is 5.32 Å². The first kappa shape index (κ1) is 16.8. The number of aromatic amines is 1. The topological polar surface area (TPSA) is 58.0 Å². The molecule has 0 aliphatic heterocycles. The van der Waals surface area contributed by atoms with Crippen LogP contribution in [0.15, 0.2) is 39.5 Å². The average molecular weight is 389 g/mol. The van der Waals surface area contributed by atoms with Gasteiger partial charge in [0.25, 0.3) is 0 Å². The summed E-state index contributed by atoms with van der Waals surface area (Å²) in [5.41, 5.74) is 5.25. The maximum atomic E-state index is 12.2. The number of aryl methyl sites for hydroxylation is 1. The van der Waals surface area contributed by atoms with Gasteiger partial charge in [0.15, 0.2) is 0 Å². The molecule has 1 aromatic carbocycles. The normalized spacial score (nSPS) is 11.4. The van der Waals surface area contributed by atoms with Crippen LogP contribution in [0.5, 0.6) is 0 Å². The molecule has 0 saturated heterocycles. The summed E-state index contributed by atoms with van der Waals surface area (Å²) >= 11 is 3.38. The van der Waals surface area contributed by atoms with Gasteiger partial charge in [0.05, 0.1) is 19.2 Å².